The van der Waals surface area contributed by atoms with Crippen LogP contribution in [0.4, 0.5) is 0 Å². The van der Waals surface area contributed by atoms with Crippen molar-refractivity contribution in [3.63, 3.8) is 0 Å². The van der Waals surface area contributed by atoms with Crippen LogP contribution in [0.5, 0.6) is 0 Å². The largest absolute Gasteiger partial charge is 0.345 e. The first kappa shape index (κ1) is 11.8. The number of nitrogens with one attached hydrogen (secondary N) is 1. The molecule has 1 N–H and O–H groups in total. The van der Waals surface area contributed by atoms with Crippen LogP contribution in [-0.4, -0.2) is 46.8 Å². The Morgan fingerprint density at radius 3 is 2.75 bits per heavy atom. The monoisotopic (exact) mass is 242 g/mol. The summed E-state index contributed by atoms with van der Waals surface area (Å²) in [7, 11) is 0. The number of rotatable bonds is 2. The molecule has 0 spiro atoms. The van der Waals surface area contributed by atoms with Gasteiger partial charge in [-0.1, -0.05) is 0 Å². The fourth-order valence-electron chi connectivity index (χ4n) is 2.65. The van der Waals surface area contributed by atoms with Crippen LogP contribution in [0.15, 0.2) is 0 Å². The molecule has 1 aliphatic carbocycles. The lowest BCUT2D eigenvalue weighted by atomic mass is 10.1. The molecule has 0 aromatic rings. The number of amides is 2. The third-order valence-electron chi connectivity index (χ3n) is 3.58. The highest BCUT2D eigenvalue weighted by molar-refractivity contribution is 7.99. The summed E-state index contributed by atoms with van der Waals surface area (Å²) in [6.07, 6.45) is 5.34. The van der Waals surface area contributed by atoms with Crippen LogP contribution in [0, 0.1) is 0 Å². The fraction of sp³-hybridized carbons (Fsp3) is 0.818. The molecule has 1 saturated carbocycles. The Bertz CT molecular complexity index is 308. The molecule has 2 aliphatic rings. The molecule has 0 radical (unpaired) electrons. The quantitative estimate of drug-likeness (QED) is 0.772. The van der Waals surface area contributed by atoms with E-state index in [2.05, 4.69) is 11.6 Å². The van der Waals surface area contributed by atoms with E-state index < -0.39 is 0 Å². The van der Waals surface area contributed by atoms with Crippen molar-refractivity contribution in [2.45, 2.75) is 43.5 Å². The Morgan fingerprint density at radius 2 is 2.12 bits per heavy atom. The summed E-state index contributed by atoms with van der Waals surface area (Å²) in [5, 5.41) is 3.27. The number of carbonyl (C=O) groups is 2. The van der Waals surface area contributed by atoms with Gasteiger partial charge in [0.1, 0.15) is 6.04 Å². The van der Waals surface area contributed by atoms with E-state index in [0.29, 0.717) is 5.25 Å². The van der Waals surface area contributed by atoms with Gasteiger partial charge in [0.2, 0.25) is 11.8 Å². The van der Waals surface area contributed by atoms with Crippen LogP contribution in [-0.2, 0) is 9.59 Å². The zero-order valence-corrected chi connectivity index (χ0v) is 10.5. The highest BCUT2D eigenvalue weighted by Gasteiger charge is 2.39. The average molecular weight is 242 g/mol. The lowest BCUT2D eigenvalue weighted by molar-refractivity contribution is -0.147. The van der Waals surface area contributed by atoms with Gasteiger partial charge in [0.15, 0.2) is 0 Å². The highest BCUT2D eigenvalue weighted by Crippen LogP contribution is 2.32. The minimum atomic E-state index is -0.299. The third-order valence-corrected chi connectivity index (χ3v) is 4.68. The molecule has 3 atom stereocenters. The van der Waals surface area contributed by atoms with Crippen LogP contribution in [0.25, 0.3) is 0 Å². The van der Waals surface area contributed by atoms with E-state index in [0.717, 1.165) is 19.3 Å². The Kier molecular flexibility index (Phi) is 3.42. The SMILES string of the molecule is CSC1CCC(N2C(=O)CNC(=O)C2C)C1. The number of piperazine rings is 1. The summed E-state index contributed by atoms with van der Waals surface area (Å²) in [5.41, 5.74) is 0. The topological polar surface area (TPSA) is 49.4 Å². The van der Waals surface area contributed by atoms with E-state index in [1.54, 1.807) is 4.90 Å². The lowest BCUT2D eigenvalue weighted by Gasteiger charge is -2.37. The summed E-state index contributed by atoms with van der Waals surface area (Å²) in [5.74, 6) is 0.0473. The van der Waals surface area contributed by atoms with E-state index in [-0.39, 0.29) is 30.4 Å². The standard InChI is InChI=1S/C11H18N2O2S/c1-7-11(15)12-6-10(14)13(7)8-3-4-9(5-8)16-2/h7-9H,3-6H2,1-2H3,(H,12,15). The van der Waals surface area contributed by atoms with E-state index in [9.17, 15) is 9.59 Å². The zero-order valence-electron chi connectivity index (χ0n) is 9.73. The number of nitrogens with zero attached hydrogens (tertiary/aromatic N) is 1. The molecule has 0 bridgehead atoms. The van der Waals surface area contributed by atoms with Crippen molar-refractivity contribution in [2.24, 2.45) is 0 Å². The zero-order chi connectivity index (χ0) is 11.7. The number of hydrogen-bond donors (Lipinski definition) is 1. The molecule has 3 unspecified atom stereocenters. The first-order chi connectivity index (χ1) is 7.63. The second kappa shape index (κ2) is 4.65. The summed E-state index contributed by atoms with van der Waals surface area (Å²) in [6.45, 7) is 1.99. The molecule has 0 aromatic heterocycles. The summed E-state index contributed by atoms with van der Waals surface area (Å²) < 4.78 is 0. The van der Waals surface area contributed by atoms with E-state index in [1.807, 2.05) is 18.7 Å². The predicted octanol–water partition coefficient (Wildman–Crippen LogP) is 0.617. The van der Waals surface area contributed by atoms with Gasteiger partial charge in [-0.25, -0.2) is 0 Å². The van der Waals surface area contributed by atoms with Gasteiger partial charge in [0.25, 0.3) is 0 Å². The summed E-state index contributed by atoms with van der Waals surface area (Å²) in [6, 6.07) is -0.0298. The molecule has 1 heterocycles. The minimum absolute atomic E-state index is 0.0211. The molecular formula is C11H18N2O2S. The maximum Gasteiger partial charge on any atom is 0.242 e. The van der Waals surface area contributed by atoms with Gasteiger partial charge in [0, 0.05) is 11.3 Å². The van der Waals surface area contributed by atoms with Gasteiger partial charge in [0.05, 0.1) is 6.54 Å². The number of carbonyl (C=O) groups excluding carboxylic acids is 2. The maximum atomic E-state index is 11.8. The maximum absolute atomic E-state index is 11.8. The van der Waals surface area contributed by atoms with Crippen LogP contribution in [0.3, 0.4) is 0 Å². The molecule has 16 heavy (non-hydrogen) atoms. The van der Waals surface area contributed by atoms with Crippen molar-refractivity contribution in [1.82, 2.24) is 10.2 Å². The fourth-order valence-corrected chi connectivity index (χ4v) is 3.43. The first-order valence-electron chi connectivity index (χ1n) is 5.75. The molecule has 2 fully saturated rings. The summed E-state index contributed by atoms with van der Waals surface area (Å²) >= 11 is 1.86. The molecule has 90 valence electrons. The Balaban J connectivity index is 2.07. The Labute approximate surface area is 100 Å². The van der Waals surface area contributed by atoms with E-state index >= 15 is 0 Å². The highest BCUT2D eigenvalue weighted by atomic mass is 32.2. The predicted molar refractivity (Wildman–Crippen MR) is 64.3 cm³/mol. The molecule has 2 rings (SSSR count). The van der Waals surface area contributed by atoms with E-state index in [1.165, 1.54) is 0 Å². The molecule has 1 aliphatic heterocycles. The Hall–Kier alpha value is -0.710. The number of hydrogen-bond acceptors (Lipinski definition) is 3. The second-order valence-corrected chi connectivity index (χ2v) is 5.66. The van der Waals surface area contributed by atoms with Crippen LogP contribution >= 0.6 is 11.8 Å². The van der Waals surface area contributed by atoms with Gasteiger partial charge < -0.3 is 10.2 Å². The van der Waals surface area contributed by atoms with Gasteiger partial charge in [-0.3, -0.25) is 9.59 Å². The van der Waals surface area contributed by atoms with Crippen LogP contribution in [0.1, 0.15) is 26.2 Å². The van der Waals surface area contributed by atoms with Crippen LogP contribution in [0.2, 0.25) is 0 Å². The van der Waals surface area contributed by atoms with Gasteiger partial charge in [-0.15, -0.1) is 0 Å². The van der Waals surface area contributed by atoms with Crippen molar-refractivity contribution in [3.8, 4) is 0 Å². The van der Waals surface area contributed by atoms with Crippen molar-refractivity contribution < 1.29 is 9.59 Å². The van der Waals surface area contributed by atoms with E-state index in [4.69, 9.17) is 0 Å². The average Bonchev–Trinajstić information content (AvgIpc) is 2.73. The van der Waals surface area contributed by atoms with Gasteiger partial charge in [-0.2, -0.15) is 11.8 Å². The second-order valence-electron chi connectivity index (χ2n) is 4.52. The molecule has 2 amide bonds. The molecule has 1 saturated heterocycles. The van der Waals surface area contributed by atoms with Crippen molar-refractivity contribution >= 4 is 23.6 Å². The smallest absolute Gasteiger partial charge is 0.242 e. The molecule has 0 aromatic carbocycles. The Morgan fingerprint density at radius 1 is 1.38 bits per heavy atom. The van der Waals surface area contributed by atoms with Crippen LogP contribution < -0.4 is 5.32 Å². The van der Waals surface area contributed by atoms with Gasteiger partial charge >= 0.3 is 0 Å². The van der Waals surface area contributed by atoms with Crippen molar-refractivity contribution in [1.29, 1.82) is 0 Å². The molecule has 5 heteroatoms. The normalized spacial score (nSPS) is 35.4. The minimum Gasteiger partial charge on any atom is -0.345 e. The van der Waals surface area contributed by atoms with Crippen molar-refractivity contribution in [3.05, 3.63) is 0 Å². The lowest BCUT2D eigenvalue weighted by Crippen LogP contribution is -2.59. The van der Waals surface area contributed by atoms with Crippen molar-refractivity contribution in [2.75, 3.05) is 12.8 Å². The third kappa shape index (κ3) is 2.05. The molecular weight excluding hydrogens is 224 g/mol. The van der Waals surface area contributed by atoms with Gasteiger partial charge in [-0.05, 0) is 32.4 Å². The summed E-state index contributed by atoms with van der Waals surface area (Å²) in [4.78, 5) is 25.2. The number of thioether (sulfide) groups is 1. The first-order valence-corrected chi connectivity index (χ1v) is 7.04. The molecule has 4 nitrogen and oxygen atoms in total.